The Balaban J connectivity index is 3.04. The van der Waals surface area contributed by atoms with Gasteiger partial charge in [0.2, 0.25) is 0 Å². The Morgan fingerprint density at radius 3 is 2.60 bits per heavy atom. The molecule has 10 heavy (non-hydrogen) atoms. The second kappa shape index (κ2) is 3.23. The molecule has 0 aliphatic rings. The topological polar surface area (TPSA) is 12.0 Å². The molecule has 1 aromatic rings. The fourth-order valence-electron chi connectivity index (χ4n) is 0.800. The molecule has 1 N–H and O–H groups in total. The monoisotopic (exact) mass is 247 g/mol. The van der Waals surface area contributed by atoms with E-state index in [9.17, 15) is 0 Å². The molecule has 0 spiro atoms. The van der Waals surface area contributed by atoms with Crippen molar-refractivity contribution < 1.29 is 0 Å². The van der Waals surface area contributed by atoms with Gasteiger partial charge in [0.15, 0.2) is 0 Å². The Morgan fingerprint density at radius 1 is 1.40 bits per heavy atom. The van der Waals surface area contributed by atoms with Crippen LogP contribution in [-0.2, 0) is 0 Å². The number of nitrogens with one attached hydrogen (secondary N) is 1. The lowest BCUT2D eigenvalue weighted by molar-refractivity contribution is 1.40. The summed E-state index contributed by atoms with van der Waals surface area (Å²) in [5, 5.41) is 3.09. The molecule has 1 rings (SSSR count). The minimum atomic E-state index is 1.18. The van der Waals surface area contributed by atoms with E-state index in [-0.39, 0.29) is 0 Å². The largest absolute Gasteiger partial charge is 0.388 e. The van der Waals surface area contributed by atoms with Crippen molar-refractivity contribution in [2.24, 2.45) is 0 Å². The molecule has 1 aromatic carbocycles. The summed E-state index contributed by atoms with van der Waals surface area (Å²) in [4.78, 5) is 0. The van der Waals surface area contributed by atoms with Crippen molar-refractivity contribution >= 4 is 28.3 Å². The number of benzene rings is 1. The minimum Gasteiger partial charge on any atom is -0.388 e. The third-order valence-electron chi connectivity index (χ3n) is 1.45. The van der Waals surface area contributed by atoms with Crippen LogP contribution in [0, 0.1) is 10.5 Å². The molecule has 0 saturated carbocycles. The molecule has 0 heterocycles. The van der Waals surface area contributed by atoms with Gasteiger partial charge in [0.05, 0.1) is 0 Å². The van der Waals surface area contributed by atoms with Crippen LogP contribution in [0.4, 0.5) is 5.69 Å². The van der Waals surface area contributed by atoms with Gasteiger partial charge in [-0.15, -0.1) is 0 Å². The average Bonchev–Trinajstić information content (AvgIpc) is 1.95. The molecule has 0 aliphatic heterocycles. The first kappa shape index (κ1) is 7.85. The van der Waals surface area contributed by atoms with E-state index in [4.69, 9.17) is 0 Å². The van der Waals surface area contributed by atoms with Crippen LogP contribution in [0.5, 0.6) is 0 Å². The number of hydrogen-bond donors (Lipinski definition) is 1. The summed E-state index contributed by atoms with van der Waals surface area (Å²) in [5.41, 5.74) is 2.50. The molecule has 0 unspecified atom stereocenters. The number of rotatable bonds is 1. The van der Waals surface area contributed by atoms with Crippen LogP contribution in [0.2, 0.25) is 0 Å². The van der Waals surface area contributed by atoms with Gasteiger partial charge in [-0.05, 0) is 53.3 Å². The van der Waals surface area contributed by atoms with Gasteiger partial charge in [0.25, 0.3) is 0 Å². The maximum Gasteiger partial charge on any atom is 0.0340 e. The van der Waals surface area contributed by atoms with Gasteiger partial charge in [0, 0.05) is 16.3 Å². The SMILES string of the molecule is CNc1ccc(I)c(C)c1. The van der Waals surface area contributed by atoms with E-state index in [1.807, 2.05) is 7.05 Å². The van der Waals surface area contributed by atoms with Gasteiger partial charge in [-0.2, -0.15) is 0 Å². The summed E-state index contributed by atoms with van der Waals surface area (Å²) >= 11 is 2.33. The van der Waals surface area contributed by atoms with Gasteiger partial charge < -0.3 is 5.32 Å². The number of aryl methyl sites for hydroxylation is 1. The molecule has 1 nitrogen and oxygen atoms in total. The van der Waals surface area contributed by atoms with Crippen LogP contribution < -0.4 is 5.32 Å². The first-order valence-electron chi connectivity index (χ1n) is 3.18. The molecule has 0 fully saturated rings. The quantitative estimate of drug-likeness (QED) is 0.752. The normalized spacial score (nSPS) is 9.50. The third kappa shape index (κ3) is 1.62. The van der Waals surface area contributed by atoms with E-state index in [1.165, 1.54) is 14.8 Å². The zero-order chi connectivity index (χ0) is 7.56. The Kier molecular flexibility index (Phi) is 2.54. The molecular weight excluding hydrogens is 237 g/mol. The van der Waals surface area contributed by atoms with E-state index in [0.717, 1.165) is 0 Å². The Labute approximate surface area is 75.0 Å². The lowest BCUT2D eigenvalue weighted by Gasteiger charge is -2.01. The standard InChI is InChI=1S/C8H10IN/c1-6-5-7(10-2)3-4-8(6)9/h3-5,10H,1-2H3. The van der Waals surface area contributed by atoms with E-state index in [0.29, 0.717) is 0 Å². The van der Waals surface area contributed by atoms with Gasteiger partial charge in [-0.3, -0.25) is 0 Å². The highest BCUT2D eigenvalue weighted by molar-refractivity contribution is 14.1. The summed E-state index contributed by atoms with van der Waals surface area (Å²) in [6.07, 6.45) is 0. The Morgan fingerprint density at radius 2 is 2.10 bits per heavy atom. The van der Waals surface area contributed by atoms with E-state index in [1.54, 1.807) is 0 Å². The zero-order valence-corrected chi connectivity index (χ0v) is 8.27. The maximum atomic E-state index is 3.09. The lowest BCUT2D eigenvalue weighted by atomic mass is 10.2. The molecule has 0 atom stereocenters. The van der Waals surface area contributed by atoms with E-state index in [2.05, 4.69) is 53.0 Å². The van der Waals surface area contributed by atoms with Crippen molar-refractivity contribution in [3.63, 3.8) is 0 Å². The minimum absolute atomic E-state index is 1.18. The van der Waals surface area contributed by atoms with Crippen LogP contribution in [0.15, 0.2) is 18.2 Å². The van der Waals surface area contributed by atoms with Gasteiger partial charge >= 0.3 is 0 Å². The second-order valence-electron chi connectivity index (χ2n) is 2.21. The highest BCUT2D eigenvalue weighted by Gasteiger charge is 1.93. The molecule has 0 radical (unpaired) electrons. The van der Waals surface area contributed by atoms with Crippen LogP contribution in [-0.4, -0.2) is 7.05 Å². The predicted octanol–water partition coefficient (Wildman–Crippen LogP) is 2.64. The fraction of sp³-hybridized carbons (Fsp3) is 0.250. The second-order valence-corrected chi connectivity index (χ2v) is 3.38. The number of halogens is 1. The molecule has 54 valence electrons. The van der Waals surface area contributed by atoms with Crippen molar-refractivity contribution in [2.75, 3.05) is 12.4 Å². The summed E-state index contributed by atoms with van der Waals surface area (Å²) < 4.78 is 1.32. The Bertz CT molecular complexity index is 233. The smallest absolute Gasteiger partial charge is 0.0340 e. The first-order valence-corrected chi connectivity index (χ1v) is 4.26. The average molecular weight is 247 g/mol. The van der Waals surface area contributed by atoms with Crippen LogP contribution >= 0.6 is 22.6 Å². The van der Waals surface area contributed by atoms with Gasteiger partial charge in [0.1, 0.15) is 0 Å². The van der Waals surface area contributed by atoms with Crippen LogP contribution in [0.25, 0.3) is 0 Å². The predicted molar refractivity (Wildman–Crippen MR) is 53.4 cm³/mol. The fourth-order valence-corrected chi connectivity index (χ4v) is 1.14. The molecule has 2 heteroatoms. The lowest BCUT2D eigenvalue weighted by Crippen LogP contribution is -1.88. The highest BCUT2D eigenvalue weighted by Crippen LogP contribution is 2.15. The summed E-state index contributed by atoms with van der Waals surface area (Å²) in [5.74, 6) is 0. The van der Waals surface area contributed by atoms with Crippen molar-refractivity contribution in [3.05, 3.63) is 27.3 Å². The third-order valence-corrected chi connectivity index (χ3v) is 2.66. The molecule has 0 aliphatic carbocycles. The van der Waals surface area contributed by atoms with Crippen molar-refractivity contribution in [3.8, 4) is 0 Å². The van der Waals surface area contributed by atoms with Crippen LogP contribution in [0.3, 0.4) is 0 Å². The Hall–Kier alpha value is -0.250. The summed E-state index contributed by atoms with van der Waals surface area (Å²) in [7, 11) is 1.93. The summed E-state index contributed by atoms with van der Waals surface area (Å²) in [6, 6.07) is 6.33. The highest BCUT2D eigenvalue weighted by atomic mass is 127. The van der Waals surface area contributed by atoms with Crippen molar-refractivity contribution in [2.45, 2.75) is 6.92 Å². The number of hydrogen-bond acceptors (Lipinski definition) is 1. The van der Waals surface area contributed by atoms with E-state index >= 15 is 0 Å². The van der Waals surface area contributed by atoms with Crippen molar-refractivity contribution in [1.29, 1.82) is 0 Å². The molecule has 0 bridgehead atoms. The molecule has 0 saturated heterocycles. The number of anilines is 1. The zero-order valence-electron chi connectivity index (χ0n) is 6.11. The van der Waals surface area contributed by atoms with Crippen molar-refractivity contribution in [1.82, 2.24) is 0 Å². The van der Waals surface area contributed by atoms with Gasteiger partial charge in [-0.25, -0.2) is 0 Å². The molecular formula is C8H10IN. The summed E-state index contributed by atoms with van der Waals surface area (Å²) in [6.45, 7) is 2.11. The first-order chi connectivity index (χ1) is 4.74. The molecule has 0 amide bonds. The van der Waals surface area contributed by atoms with E-state index < -0.39 is 0 Å². The van der Waals surface area contributed by atoms with Crippen LogP contribution in [0.1, 0.15) is 5.56 Å². The van der Waals surface area contributed by atoms with Gasteiger partial charge in [-0.1, -0.05) is 0 Å². The molecule has 0 aromatic heterocycles. The maximum absolute atomic E-state index is 3.09.